The van der Waals surface area contributed by atoms with Crippen LogP contribution >= 0.6 is 15.9 Å². The number of carbonyl (C=O) groups is 1. The molecule has 1 saturated carbocycles. The molecule has 1 aliphatic carbocycles. The fourth-order valence-corrected chi connectivity index (χ4v) is 3.02. The highest BCUT2D eigenvalue weighted by atomic mass is 79.9. The van der Waals surface area contributed by atoms with Crippen LogP contribution in [0.25, 0.3) is 0 Å². The summed E-state index contributed by atoms with van der Waals surface area (Å²) in [7, 11) is 0. The van der Waals surface area contributed by atoms with Gasteiger partial charge in [0.15, 0.2) is 0 Å². The molecule has 2 fully saturated rings. The monoisotopic (exact) mass is 353 g/mol. The summed E-state index contributed by atoms with van der Waals surface area (Å²) in [4.78, 5) is 24.8. The van der Waals surface area contributed by atoms with E-state index in [9.17, 15) is 14.9 Å². The standard InChI is InChI=1S/C14H16BrN3O3/c15-11-6-5-10(8-13(11)18(20)21)17-7-1-2-12(14(17)19)16-9-3-4-9/h5-6,8-9,12,16H,1-4,7H2. The van der Waals surface area contributed by atoms with Crippen molar-refractivity contribution in [1.82, 2.24) is 5.32 Å². The Hall–Kier alpha value is -1.47. The number of amides is 1. The first-order valence-corrected chi connectivity index (χ1v) is 7.87. The average Bonchev–Trinajstić information content (AvgIpc) is 3.26. The molecule has 0 aromatic heterocycles. The van der Waals surface area contributed by atoms with E-state index in [1.807, 2.05) is 0 Å². The lowest BCUT2D eigenvalue weighted by molar-refractivity contribution is -0.385. The van der Waals surface area contributed by atoms with Crippen LogP contribution in [-0.4, -0.2) is 29.5 Å². The largest absolute Gasteiger partial charge is 0.311 e. The molecule has 0 spiro atoms. The van der Waals surface area contributed by atoms with Gasteiger partial charge in [-0.25, -0.2) is 0 Å². The molecular formula is C14H16BrN3O3. The Morgan fingerprint density at radius 1 is 1.33 bits per heavy atom. The van der Waals surface area contributed by atoms with Gasteiger partial charge >= 0.3 is 0 Å². The molecule has 1 aromatic carbocycles. The minimum absolute atomic E-state index is 0.0161. The van der Waals surface area contributed by atoms with E-state index in [0.29, 0.717) is 22.7 Å². The topological polar surface area (TPSA) is 75.5 Å². The molecular weight excluding hydrogens is 338 g/mol. The van der Waals surface area contributed by atoms with Crippen molar-refractivity contribution in [2.75, 3.05) is 11.4 Å². The SMILES string of the molecule is O=C1C(NC2CC2)CCCN1c1ccc(Br)c([N+](=O)[O-])c1. The summed E-state index contributed by atoms with van der Waals surface area (Å²) < 4.78 is 0.424. The van der Waals surface area contributed by atoms with Crippen LogP contribution in [0.2, 0.25) is 0 Å². The summed E-state index contributed by atoms with van der Waals surface area (Å²) in [5, 5.41) is 14.4. The number of carbonyl (C=O) groups excluding carboxylic acids is 1. The van der Waals surface area contributed by atoms with Gasteiger partial charge in [0.25, 0.3) is 5.69 Å². The van der Waals surface area contributed by atoms with Gasteiger partial charge in [0.05, 0.1) is 21.1 Å². The maximum Gasteiger partial charge on any atom is 0.285 e. The normalized spacial score (nSPS) is 22.4. The average molecular weight is 354 g/mol. The molecule has 112 valence electrons. The molecule has 1 unspecified atom stereocenters. The lowest BCUT2D eigenvalue weighted by atomic mass is 10.0. The minimum Gasteiger partial charge on any atom is -0.311 e. The van der Waals surface area contributed by atoms with Crippen molar-refractivity contribution in [2.45, 2.75) is 37.8 Å². The molecule has 7 heteroatoms. The summed E-state index contributed by atoms with van der Waals surface area (Å²) in [5.74, 6) is 0.0183. The molecule has 2 aliphatic rings. The number of rotatable bonds is 4. The van der Waals surface area contributed by atoms with Crippen LogP contribution in [0.15, 0.2) is 22.7 Å². The molecule has 1 amide bonds. The number of hydrogen-bond donors (Lipinski definition) is 1. The second-order valence-corrected chi connectivity index (χ2v) is 6.37. The smallest absolute Gasteiger partial charge is 0.285 e. The first kappa shape index (κ1) is 14.5. The molecule has 1 heterocycles. The highest BCUT2D eigenvalue weighted by Gasteiger charge is 2.34. The zero-order valence-corrected chi connectivity index (χ0v) is 13.0. The third-order valence-corrected chi connectivity index (χ3v) is 4.56. The Labute approximate surface area is 130 Å². The van der Waals surface area contributed by atoms with Crippen LogP contribution in [0.5, 0.6) is 0 Å². The van der Waals surface area contributed by atoms with Crippen molar-refractivity contribution in [2.24, 2.45) is 0 Å². The zero-order chi connectivity index (χ0) is 15.0. The van der Waals surface area contributed by atoms with Gasteiger partial charge in [-0.1, -0.05) is 0 Å². The van der Waals surface area contributed by atoms with E-state index in [1.54, 1.807) is 17.0 Å². The Kier molecular flexibility index (Phi) is 3.95. The summed E-state index contributed by atoms with van der Waals surface area (Å²) >= 11 is 3.17. The molecule has 6 nitrogen and oxygen atoms in total. The highest BCUT2D eigenvalue weighted by molar-refractivity contribution is 9.10. The van der Waals surface area contributed by atoms with Crippen molar-refractivity contribution in [3.8, 4) is 0 Å². The Bertz CT molecular complexity index is 589. The van der Waals surface area contributed by atoms with E-state index in [2.05, 4.69) is 21.2 Å². The molecule has 1 saturated heterocycles. The summed E-state index contributed by atoms with van der Waals surface area (Å²) in [5.41, 5.74) is 0.578. The number of piperidine rings is 1. The fourth-order valence-electron chi connectivity index (χ4n) is 2.63. The van der Waals surface area contributed by atoms with E-state index >= 15 is 0 Å². The predicted octanol–water partition coefficient (Wildman–Crippen LogP) is 2.60. The van der Waals surface area contributed by atoms with Gasteiger partial charge in [0, 0.05) is 18.7 Å². The number of nitro benzene ring substituents is 1. The third-order valence-electron chi connectivity index (χ3n) is 3.89. The van der Waals surface area contributed by atoms with Crippen molar-refractivity contribution >= 4 is 33.2 Å². The summed E-state index contributed by atoms with van der Waals surface area (Å²) in [6.07, 6.45) is 4.01. The lowest BCUT2D eigenvalue weighted by Gasteiger charge is -2.32. The quantitative estimate of drug-likeness (QED) is 0.666. The van der Waals surface area contributed by atoms with Crippen LogP contribution in [0.4, 0.5) is 11.4 Å². The van der Waals surface area contributed by atoms with Crippen LogP contribution in [0, 0.1) is 10.1 Å². The van der Waals surface area contributed by atoms with E-state index in [4.69, 9.17) is 0 Å². The molecule has 3 rings (SSSR count). The van der Waals surface area contributed by atoms with Gasteiger partial charge in [-0.3, -0.25) is 14.9 Å². The number of nitro groups is 1. The molecule has 1 aliphatic heterocycles. The molecule has 1 N–H and O–H groups in total. The van der Waals surface area contributed by atoms with E-state index in [-0.39, 0.29) is 17.6 Å². The van der Waals surface area contributed by atoms with Crippen molar-refractivity contribution in [3.63, 3.8) is 0 Å². The number of nitrogens with zero attached hydrogens (tertiary/aromatic N) is 2. The summed E-state index contributed by atoms with van der Waals surface area (Å²) in [6.45, 7) is 0.612. The fraction of sp³-hybridized carbons (Fsp3) is 0.500. The summed E-state index contributed by atoms with van der Waals surface area (Å²) in [6, 6.07) is 5.14. The minimum atomic E-state index is -0.443. The van der Waals surface area contributed by atoms with Crippen LogP contribution in [0.1, 0.15) is 25.7 Å². The van der Waals surface area contributed by atoms with Gasteiger partial charge in [-0.2, -0.15) is 0 Å². The van der Waals surface area contributed by atoms with Crippen molar-refractivity contribution in [3.05, 3.63) is 32.8 Å². The third kappa shape index (κ3) is 3.08. The second-order valence-electron chi connectivity index (χ2n) is 5.52. The number of halogens is 1. The molecule has 0 radical (unpaired) electrons. The molecule has 1 aromatic rings. The van der Waals surface area contributed by atoms with Crippen LogP contribution in [-0.2, 0) is 4.79 Å². The van der Waals surface area contributed by atoms with Gasteiger partial charge in [-0.05, 0) is 53.7 Å². The van der Waals surface area contributed by atoms with Gasteiger partial charge < -0.3 is 10.2 Å². The molecule has 21 heavy (non-hydrogen) atoms. The molecule has 0 bridgehead atoms. The number of hydrogen-bond acceptors (Lipinski definition) is 4. The molecule has 1 atom stereocenters. The highest BCUT2D eigenvalue weighted by Crippen LogP contribution is 2.31. The Morgan fingerprint density at radius 3 is 2.76 bits per heavy atom. The maximum absolute atomic E-state index is 12.5. The van der Waals surface area contributed by atoms with Gasteiger partial charge in [-0.15, -0.1) is 0 Å². The zero-order valence-electron chi connectivity index (χ0n) is 11.4. The number of nitrogens with one attached hydrogen (secondary N) is 1. The van der Waals surface area contributed by atoms with Gasteiger partial charge in [0.1, 0.15) is 0 Å². The Morgan fingerprint density at radius 2 is 2.10 bits per heavy atom. The van der Waals surface area contributed by atoms with E-state index in [1.165, 1.54) is 6.07 Å². The Balaban J connectivity index is 1.83. The number of anilines is 1. The second kappa shape index (κ2) is 5.73. The first-order chi connectivity index (χ1) is 10.1. The van der Waals surface area contributed by atoms with Crippen molar-refractivity contribution < 1.29 is 9.72 Å². The first-order valence-electron chi connectivity index (χ1n) is 7.07. The predicted molar refractivity (Wildman–Crippen MR) is 82.3 cm³/mol. The maximum atomic E-state index is 12.5. The van der Waals surface area contributed by atoms with E-state index < -0.39 is 4.92 Å². The van der Waals surface area contributed by atoms with Crippen LogP contribution in [0.3, 0.4) is 0 Å². The lowest BCUT2D eigenvalue weighted by Crippen LogP contribution is -2.51. The van der Waals surface area contributed by atoms with Crippen LogP contribution < -0.4 is 10.2 Å². The van der Waals surface area contributed by atoms with Gasteiger partial charge in [0.2, 0.25) is 5.91 Å². The number of benzene rings is 1. The van der Waals surface area contributed by atoms with Crippen molar-refractivity contribution in [1.29, 1.82) is 0 Å². The van der Waals surface area contributed by atoms with E-state index in [0.717, 1.165) is 25.7 Å².